The topological polar surface area (TPSA) is 42.2 Å². The highest BCUT2D eigenvalue weighted by molar-refractivity contribution is 5.99. The van der Waals surface area contributed by atoms with E-state index >= 15 is 0 Å². The predicted molar refractivity (Wildman–Crippen MR) is 127 cm³/mol. The first-order chi connectivity index (χ1) is 15.8. The van der Waals surface area contributed by atoms with Crippen molar-refractivity contribution in [2.24, 2.45) is 5.92 Å². The molecule has 6 rings (SSSR count). The highest BCUT2D eigenvalue weighted by atomic mass is 16.3. The Morgan fingerprint density at radius 3 is 2.78 bits per heavy atom. The van der Waals surface area contributed by atoms with E-state index in [0.717, 1.165) is 12.1 Å². The Balaban J connectivity index is 1.56. The first-order valence-electron chi connectivity index (χ1n) is 11.1. The number of allylic oxidation sites excluding steroid dienone is 5. The van der Waals surface area contributed by atoms with E-state index in [-0.39, 0.29) is 17.6 Å². The molecule has 2 heterocycles. The third-order valence-corrected chi connectivity index (χ3v) is 6.71. The first kappa shape index (κ1) is 18.9. The molecular weight excluding hydrogens is 394 g/mol. The number of carbonyl (C=O) groups excluding carboxylic acids is 1. The Bertz CT molecular complexity index is 1420. The van der Waals surface area contributed by atoms with Crippen molar-refractivity contribution >= 4 is 17.9 Å². The standard InChI is InChI=1S/C29H23NO2/c31-29(28-10-6-16-32-28)20-17-25-23-12-11-19-7-3-4-8-21(19)22(23)13-14-24(25)26(18-20)27-9-2-1-5-15-30-27/h1-10,12-17,20,26,30H,11,18H2. The van der Waals surface area contributed by atoms with Crippen LogP contribution in [-0.4, -0.2) is 5.78 Å². The van der Waals surface area contributed by atoms with Crippen LogP contribution in [0.25, 0.3) is 23.3 Å². The Hall–Kier alpha value is -3.85. The molecule has 0 saturated carbocycles. The Morgan fingerprint density at radius 2 is 1.88 bits per heavy atom. The molecule has 3 aliphatic rings. The lowest BCUT2D eigenvalue weighted by molar-refractivity contribution is 0.0916. The van der Waals surface area contributed by atoms with Crippen LogP contribution in [0.15, 0.2) is 95.4 Å². The van der Waals surface area contributed by atoms with Gasteiger partial charge in [0.05, 0.1) is 6.26 Å². The summed E-state index contributed by atoms with van der Waals surface area (Å²) in [7, 11) is 0. The van der Waals surface area contributed by atoms with Crippen molar-refractivity contribution in [3.8, 4) is 11.1 Å². The molecule has 3 aromatic rings. The minimum Gasteiger partial charge on any atom is -0.461 e. The van der Waals surface area contributed by atoms with Gasteiger partial charge >= 0.3 is 0 Å². The van der Waals surface area contributed by atoms with E-state index in [4.69, 9.17) is 4.42 Å². The van der Waals surface area contributed by atoms with Gasteiger partial charge in [-0.1, -0.05) is 60.7 Å². The summed E-state index contributed by atoms with van der Waals surface area (Å²) in [6, 6.07) is 16.6. The molecule has 2 aromatic carbocycles. The second-order valence-electron chi connectivity index (χ2n) is 8.51. The van der Waals surface area contributed by atoms with Gasteiger partial charge in [-0.2, -0.15) is 0 Å². The minimum absolute atomic E-state index is 0.0415. The van der Waals surface area contributed by atoms with Gasteiger partial charge in [-0.05, 0) is 69.8 Å². The summed E-state index contributed by atoms with van der Waals surface area (Å²) >= 11 is 0. The summed E-state index contributed by atoms with van der Waals surface area (Å²) in [4.78, 5) is 13.3. The molecule has 32 heavy (non-hydrogen) atoms. The zero-order chi connectivity index (χ0) is 21.5. The fourth-order valence-electron chi connectivity index (χ4n) is 5.19. The van der Waals surface area contributed by atoms with E-state index in [1.165, 1.54) is 32.7 Å². The van der Waals surface area contributed by atoms with Crippen LogP contribution in [0.1, 0.15) is 34.0 Å². The molecule has 3 nitrogen and oxygen atoms in total. The van der Waals surface area contributed by atoms with Crippen molar-refractivity contribution in [2.75, 3.05) is 0 Å². The van der Waals surface area contributed by atoms with Gasteiger partial charge in [0.25, 0.3) is 0 Å². The monoisotopic (exact) mass is 417 g/mol. The van der Waals surface area contributed by atoms with Gasteiger partial charge in [-0.15, -0.1) is 0 Å². The van der Waals surface area contributed by atoms with Crippen LogP contribution in [0, 0.1) is 5.92 Å². The maximum absolute atomic E-state index is 13.3. The highest BCUT2D eigenvalue weighted by Crippen LogP contribution is 2.35. The molecule has 2 atom stereocenters. The normalized spacial score (nSPS) is 20.4. The second kappa shape index (κ2) is 7.69. The number of hydrogen-bond donors (Lipinski definition) is 1. The summed E-state index contributed by atoms with van der Waals surface area (Å²) in [6.45, 7) is 0. The molecule has 156 valence electrons. The van der Waals surface area contributed by atoms with Crippen LogP contribution in [-0.2, 0) is 6.42 Å². The second-order valence-corrected chi connectivity index (χ2v) is 8.51. The molecule has 1 aromatic heterocycles. The number of furan rings is 1. The van der Waals surface area contributed by atoms with E-state index in [1.54, 1.807) is 18.4 Å². The van der Waals surface area contributed by atoms with Crippen molar-refractivity contribution in [1.29, 1.82) is 0 Å². The number of carbonyl (C=O) groups is 1. The van der Waals surface area contributed by atoms with Crippen LogP contribution in [0.2, 0.25) is 0 Å². The molecule has 0 saturated heterocycles. The molecule has 3 heteroatoms. The predicted octanol–water partition coefficient (Wildman–Crippen LogP) is 4.61. The smallest absolute Gasteiger partial charge is 0.204 e. The zero-order valence-electron chi connectivity index (χ0n) is 17.6. The summed E-state index contributed by atoms with van der Waals surface area (Å²) < 4.78 is 5.47. The molecule has 1 N–H and O–H groups in total. The molecule has 0 amide bonds. The van der Waals surface area contributed by atoms with Gasteiger partial charge in [0, 0.05) is 23.7 Å². The molecule has 2 aliphatic carbocycles. The van der Waals surface area contributed by atoms with E-state index in [9.17, 15) is 4.79 Å². The SMILES string of the molecule is O=C(c1ccco1)C1C=c2c(ccc3c2=CCc2ccccc2-3)C(C2=CC=CC=CN2)C1. The van der Waals surface area contributed by atoms with Gasteiger partial charge in [0.15, 0.2) is 5.76 Å². The van der Waals surface area contributed by atoms with Crippen LogP contribution in [0.5, 0.6) is 0 Å². The van der Waals surface area contributed by atoms with Crippen LogP contribution >= 0.6 is 0 Å². The van der Waals surface area contributed by atoms with Crippen molar-refractivity contribution in [2.45, 2.75) is 18.8 Å². The van der Waals surface area contributed by atoms with Gasteiger partial charge in [0.2, 0.25) is 5.78 Å². The summed E-state index contributed by atoms with van der Waals surface area (Å²) in [6.07, 6.45) is 17.8. The van der Waals surface area contributed by atoms with Gasteiger partial charge in [-0.3, -0.25) is 4.79 Å². The van der Waals surface area contributed by atoms with E-state index in [2.05, 4.69) is 59.9 Å². The number of hydrogen-bond acceptors (Lipinski definition) is 3. The largest absolute Gasteiger partial charge is 0.461 e. The molecular formula is C29H23NO2. The summed E-state index contributed by atoms with van der Waals surface area (Å²) in [5.74, 6) is 0.326. The van der Waals surface area contributed by atoms with Gasteiger partial charge in [0.1, 0.15) is 0 Å². The fraction of sp³-hybridized carbons (Fsp3) is 0.138. The number of nitrogens with one attached hydrogen (secondary N) is 1. The molecule has 0 spiro atoms. The lowest BCUT2D eigenvalue weighted by Gasteiger charge is -2.29. The lowest BCUT2D eigenvalue weighted by Crippen LogP contribution is -2.39. The maximum atomic E-state index is 13.3. The molecule has 1 aliphatic heterocycles. The Morgan fingerprint density at radius 1 is 0.938 bits per heavy atom. The quantitative estimate of drug-likeness (QED) is 0.633. The summed E-state index contributed by atoms with van der Waals surface area (Å²) in [5, 5.41) is 5.86. The zero-order valence-corrected chi connectivity index (χ0v) is 17.6. The maximum Gasteiger partial charge on any atom is 0.204 e. The molecule has 0 radical (unpaired) electrons. The van der Waals surface area contributed by atoms with Crippen LogP contribution < -0.4 is 15.8 Å². The number of Topliss-reactive ketones (excluding diaryl/α,β-unsaturated/α-hetero) is 1. The molecule has 0 fully saturated rings. The van der Waals surface area contributed by atoms with Crippen molar-refractivity contribution in [3.63, 3.8) is 0 Å². The summed E-state index contributed by atoms with van der Waals surface area (Å²) in [5.41, 5.74) is 6.26. The molecule has 2 unspecified atom stereocenters. The van der Waals surface area contributed by atoms with Crippen LogP contribution in [0.3, 0.4) is 0 Å². The Labute approximate surface area is 186 Å². The number of benzene rings is 2. The fourth-order valence-corrected chi connectivity index (χ4v) is 5.19. The lowest BCUT2D eigenvalue weighted by atomic mass is 9.76. The third-order valence-electron chi connectivity index (χ3n) is 6.71. The van der Waals surface area contributed by atoms with Crippen molar-refractivity contribution < 1.29 is 9.21 Å². The van der Waals surface area contributed by atoms with E-state index in [1.807, 2.05) is 24.4 Å². The van der Waals surface area contributed by atoms with E-state index < -0.39 is 0 Å². The number of rotatable bonds is 3. The molecule has 0 bridgehead atoms. The van der Waals surface area contributed by atoms with E-state index in [0.29, 0.717) is 12.2 Å². The number of ketones is 1. The van der Waals surface area contributed by atoms with Crippen molar-refractivity contribution in [3.05, 3.63) is 118 Å². The number of fused-ring (bicyclic) bond motifs is 5. The average molecular weight is 418 g/mol. The Kier molecular flexibility index (Phi) is 4.53. The van der Waals surface area contributed by atoms with Gasteiger partial charge in [-0.25, -0.2) is 0 Å². The van der Waals surface area contributed by atoms with Gasteiger partial charge < -0.3 is 9.73 Å². The minimum atomic E-state index is -0.241. The van der Waals surface area contributed by atoms with Crippen LogP contribution in [0.4, 0.5) is 0 Å². The third kappa shape index (κ3) is 3.09. The van der Waals surface area contributed by atoms with Crippen molar-refractivity contribution in [1.82, 2.24) is 5.32 Å². The first-order valence-corrected chi connectivity index (χ1v) is 11.1. The average Bonchev–Trinajstić information content (AvgIpc) is 3.25. The highest BCUT2D eigenvalue weighted by Gasteiger charge is 2.31.